The van der Waals surface area contributed by atoms with Crippen molar-refractivity contribution in [3.63, 3.8) is 0 Å². The molecule has 3 heteroatoms. The second kappa shape index (κ2) is 9.92. The van der Waals surface area contributed by atoms with Crippen molar-refractivity contribution in [2.24, 2.45) is 0 Å². The molecule has 0 heterocycles. The number of benzene rings is 1. The van der Waals surface area contributed by atoms with Gasteiger partial charge in [-0.25, -0.2) is 0 Å². The Morgan fingerprint density at radius 3 is 2.50 bits per heavy atom. The summed E-state index contributed by atoms with van der Waals surface area (Å²) in [5.74, 6) is 0. The van der Waals surface area contributed by atoms with Crippen molar-refractivity contribution >= 4 is 0 Å². The Morgan fingerprint density at radius 1 is 1.05 bits per heavy atom. The van der Waals surface area contributed by atoms with Gasteiger partial charge in [0.1, 0.15) is 0 Å². The lowest BCUT2D eigenvalue weighted by Gasteiger charge is -2.21. The van der Waals surface area contributed by atoms with Gasteiger partial charge >= 0.3 is 0 Å². The molecule has 0 saturated carbocycles. The number of rotatable bonds is 10. The van der Waals surface area contributed by atoms with Crippen LogP contribution in [0.5, 0.6) is 0 Å². The fourth-order valence-corrected chi connectivity index (χ4v) is 2.21. The van der Waals surface area contributed by atoms with Crippen molar-refractivity contribution in [3.8, 4) is 0 Å². The summed E-state index contributed by atoms with van der Waals surface area (Å²) in [7, 11) is 0. The maximum atomic E-state index is 5.76. The first-order chi connectivity index (χ1) is 9.69. The highest BCUT2D eigenvalue weighted by Gasteiger charge is 2.13. The van der Waals surface area contributed by atoms with Gasteiger partial charge in [0.25, 0.3) is 0 Å². The van der Waals surface area contributed by atoms with E-state index in [1.807, 2.05) is 0 Å². The van der Waals surface area contributed by atoms with E-state index >= 15 is 0 Å². The van der Waals surface area contributed by atoms with Gasteiger partial charge in [0.15, 0.2) is 0 Å². The van der Waals surface area contributed by atoms with Gasteiger partial charge in [0.05, 0.1) is 25.9 Å². The van der Waals surface area contributed by atoms with Gasteiger partial charge in [-0.15, -0.1) is 0 Å². The zero-order chi connectivity index (χ0) is 14.8. The highest BCUT2D eigenvalue weighted by Crippen LogP contribution is 2.19. The number of likely N-dealkylation sites (N-methyl/N-ethyl adjacent to an activating group) is 1. The fraction of sp³-hybridized carbons (Fsp3) is 0.647. The maximum Gasteiger partial charge on any atom is 0.0701 e. The lowest BCUT2D eigenvalue weighted by atomic mass is 9.99. The Labute approximate surface area is 123 Å². The molecule has 1 rings (SSSR count). The van der Waals surface area contributed by atoms with E-state index in [9.17, 15) is 0 Å². The quantitative estimate of drug-likeness (QED) is 0.666. The zero-order valence-corrected chi connectivity index (χ0v) is 13.4. The van der Waals surface area contributed by atoms with Crippen LogP contribution < -0.4 is 5.32 Å². The molecule has 0 amide bonds. The minimum Gasteiger partial charge on any atom is -0.379 e. The van der Waals surface area contributed by atoms with Crippen molar-refractivity contribution in [2.75, 3.05) is 33.0 Å². The van der Waals surface area contributed by atoms with Crippen LogP contribution in [0.1, 0.15) is 43.0 Å². The van der Waals surface area contributed by atoms with E-state index in [0.717, 1.165) is 19.6 Å². The summed E-state index contributed by atoms with van der Waals surface area (Å²) in [6.45, 7) is 12.3. The summed E-state index contributed by atoms with van der Waals surface area (Å²) in [6.07, 6.45) is 1.06. The second-order valence-electron chi connectivity index (χ2n) is 5.16. The van der Waals surface area contributed by atoms with Gasteiger partial charge in [-0.05, 0) is 37.9 Å². The summed E-state index contributed by atoms with van der Waals surface area (Å²) in [5.41, 5.74) is 3.94. The van der Waals surface area contributed by atoms with Gasteiger partial charge in [-0.3, -0.25) is 0 Å². The van der Waals surface area contributed by atoms with Gasteiger partial charge in [0.2, 0.25) is 0 Å². The third kappa shape index (κ3) is 6.04. The van der Waals surface area contributed by atoms with E-state index in [1.165, 1.54) is 16.7 Å². The molecule has 0 radical (unpaired) electrons. The molecule has 0 spiro atoms. The molecule has 0 aliphatic heterocycles. The summed E-state index contributed by atoms with van der Waals surface area (Å²) < 4.78 is 11.2. The molecular weight excluding hydrogens is 250 g/mol. The van der Waals surface area contributed by atoms with Gasteiger partial charge in [-0.2, -0.15) is 0 Å². The largest absolute Gasteiger partial charge is 0.379 e. The second-order valence-corrected chi connectivity index (χ2v) is 5.16. The maximum absolute atomic E-state index is 5.76. The summed E-state index contributed by atoms with van der Waals surface area (Å²) in [6, 6.07) is 6.84. The molecule has 0 saturated heterocycles. The molecule has 1 atom stereocenters. The molecule has 1 unspecified atom stereocenters. The number of hydrogen-bond acceptors (Lipinski definition) is 3. The monoisotopic (exact) mass is 279 g/mol. The Balaban J connectivity index is 2.49. The summed E-state index contributed by atoms with van der Waals surface area (Å²) >= 11 is 0. The van der Waals surface area contributed by atoms with E-state index in [-0.39, 0.29) is 6.04 Å². The lowest BCUT2D eigenvalue weighted by Crippen LogP contribution is -2.26. The molecule has 0 aliphatic rings. The minimum atomic E-state index is 0.256. The smallest absolute Gasteiger partial charge is 0.0701 e. The number of hydrogen-bond donors (Lipinski definition) is 1. The zero-order valence-electron chi connectivity index (χ0n) is 13.4. The molecule has 1 aromatic rings. The highest BCUT2D eigenvalue weighted by molar-refractivity contribution is 5.33. The lowest BCUT2D eigenvalue weighted by molar-refractivity contribution is 0.0392. The highest BCUT2D eigenvalue weighted by atomic mass is 16.5. The van der Waals surface area contributed by atoms with Crippen molar-refractivity contribution < 1.29 is 9.47 Å². The number of nitrogens with one attached hydrogen (secondary N) is 1. The molecule has 0 bridgehead atoms. The SMILES string of the molecule is CCCOCCOCC(NCC)c1cc(C)ccc1C. The van der Waals surface area contributed by atoms with Crippen LogP contribution in [0.25, 0.3) is 0 Å². The molecule has 3 nitrogen and oxygen atoms in total. The topological polar surface area (TPSA) is 30.5 Å². The van der Waals surface area contributed by atoms with E-state index in [4.69, 9.17) is 9.47 Å². The van der Waals surface area contributed by atoms with Crippen LogP contribution in [0.3, 0.4) is 0 Å². The average molecular weight is 279 g/mol. The van der Waals surface area contributed by atoms with Crippen LogP contribution in [0.4, 0.5) is 0 Å². The third-order valence-corrected chi connectivity index (χ3v) is 3.27. The van der Waals surface area contributed by atoms with Gasteiger partial charge in [-0.1, -0.05) is 37.6 Å². The predicted molar refractivity (Wildman–Crippen MR) is 84.3 cm³/mol. The fourth-order valence-electron chi connectivity index (χ4n) is 2.21. The first-order valence-electron chi connectivity index (χ1n) is 7.65. The number of ether oxygens (including phenoxy) is 2. The van der Waals surface area contributed by atoms with Gasteiger partial charge < -0.3 is 14.8 Å². The Morgan fingerprint density at radius 2 is 1.80 bits per heavy atom. The Kier molecular flexibility index (Phi) is 8.51. The molecule has 114 valence electrons. The normalized spacial score (nSPS) is 12.6. The molecule has 1 aromatic carbocycles. The van der Waals surface area contributed by atoms with Crippen LogP contribution in [-0.2, 0) is 9.47 Å². The summed E-state index contributed by atoms with van der Waals surface area (Å²) in [5, 5.41) is 3.50. The average Bonchev–Trinajstić information content (AvgIpc) is 2.44. The number of aryl methyl sites for hydroxylation is 2. The molecule has 1 N–H and O–H groups in total. The Hall–Kier alpha value is -0.900. The van der Waals surface area contributed by atoms with E-state index in [1.54, 1.807) is 0 Å². The first kappa shape index (κ1) is 17.2. The van der Waals surface area contributed by atoms with Crippen LogP contribution in [0.15, 0.2) is 18.2 Å². The van der Waals surface area contributed by atoms with Gasteiger partial charge in [0, 0.05) is 6.61 Å². The van der Waals surface area contributed by atoms with Crippen molar-refractivity contribution in [1.82, 2.24) is 5.32 Å². The standard InChI is InChI=1S/C17H29NO2/c1-5-9-19-10-11-20-13-17(18-6-2)16-12-14(3)7-8-15(16)4/h7-8,12,17-18H,5-6,9-11,13H2,1-4H3. The van der Waals surface area contributed by atoms with Crippen molar-refractivity contribution in [2.45, 2.75) is 40.2 Å². The van der Waals surface area contributed by atoms with E-state index < -0.39 is 0 Å². The summed E-state index contributed by atoms with van der Waals surface area (Å²) in [4.78, 5) is 0. The van der Waals surface area contributed by atoms with E-state index in [2.05, 4.69) is 51.2 Å². The van der Waals surface area contributed by atoms with Crippen LogP contribution in [0.2, 0.25) is 0 Å². The first-order valence-corrected chi connectivity index (χ1v) is 7.65. The van der Waals surface area contributed by atoms with Crippen LogP contribution in [-0.4, -0.2) is 33.0 Å². The van der Waals surface area contributed by atoms with E-state index in [0.29, 0.717) is 19.8 Å². The van der Waals surface area contributed by atoms with Crippen molar-refractivity contribution in [3.05, 3.63) is 34.9 Å². The molecule has 20 heavy (non-hydrogen) atoms. The van der Waals surface area contributed by atoms with Crippen LogP contribution >= 0.6 is 0 Å². The molecule has 0 aliphatic carbocycles. The molecular formula is C17H29NO2. The third-order valence-electron chi connectivity index (χ3n) is 3.27. The molecule has 0 aromatic heterocycles. The predicted octanol–water partition coefficient (Wildman–Crippen LogP) is 3.40. The van der Waals surface area contributed by atoms with Crippen molar-refractivity contribution in [1.29, 1.82) is 0 Å². The Bertz CT molecular complexity index is 379. The van der Waals surface area contributed by atoms with Crippen LogP contribution in [0, 0.1) is 13.8 Å². The molecule has 0 fully saturated rings. The minimum absolute atomic E-state index is 0.256.